The van der Waals surface area contributed by atoms with Crippen molar-refractivity contribution < 1.29 is 4.42 Å². The van der Waals surface area contributed by atoms with Crippen molar-refractivity contribution in [1.82, 2.24) is 25.0 Å². The van der Waals surface area contributed by atoms with Crippen molar-refractivity contribution in [3.8, 4) is 17.1 Å². The first-order valence-electron chi connectivity index (χ1n) is 7.98. The van der Waals surface area contributed by atoms with Crippen molar-refractivity contribution >= 4 is 39.3 Å². The van der Waals surface area contributed by atoms with Gasteiger partial charge in [0.2, 0.25) is 11.8 Å². The monoisotopic (exact) mass is 461 g/mol. The fraction of sp³-hybridized carbons (Fsp3) is 0.111. The third-order valence-electron chi connectivity index (χ3n) is 3.83. The Balaban J connectivity index is 1.49. The summed E-state index contributed by atoms with van der Waals surface area (Å²) in [4.78, 5) is 0. The van der Waals surface area contributed by atoms with Crippen LogP contribution in [0.2, 0.25) is 5.02 Å². The molecule has 0 fully saturated rings. The van der Waals surface area contributed by atoms with E-state index < -0.39 is 0 Å². The lowest BCUT2D eigenvalue weighted by Gasteiger charge is -2.07. The van der Waals surface area contributed by atoms with Gasteiger partial charge in [-0.25, -0.2) is 0 Å². The topological polar surface area (TPSA) is 69.6 Å². The molecule has 0 spiro atoms. The zero-order valence-corrected chi connectivity index (χ0v) is 17.3. The van der Waals surface area contributed by atoms with Gasteiger partial charge in [0.25, 0.3) is 0 Å². The average Bonchev–Trinajstić information content (AvgIpc) is 3.32. The molecule has 0 bridgehead atoms. The minimum absolute atomic E-state index is 0.488. The van der Waals surface area contributed by atoms with Crippen LogP contribution < -0.4 is 0 Å². The third kappa shape index (κ3) is 4.07. The molecule has 6 nitrogen and oxygen atoms in total. The van der Waals surface area contributed by atoms with E-state index in [1.807, 2.05) is 54.0 Å². The summed E-state index contributed by atoms with van der Waals surface area (Å²) in [6.45, 7) is 1.96. The van der Waals surface area contributed by atoms with Gasteiger partial charge in [-0.2, -0.15) is 0 Å². The second-order valence-electron chi connectivity index (χ2n) is 5.71. The molecule has 2 aromatic carbocycles. The highest BCUT2D eigenvalue weighted by atomic mass is 79.9. The molecule has 0 N–H and O–H groups in total. The summed E-state index contributed by atoms with van der Waals surface area (Å²) in [5.41, 5.74) is 2.80. The number of halogens is 2. The normalized spacial score (nSPS) is 11.1. The summed E-state index contributed by atoms with van der Waals surface area (Å²) in [5.74, 6) is 1.50. The highest BCUT2D eigenvalue weighted by Crippen LogP contribution is 2.27. The minimum atomic E-state index is 0.488. The molecule has 0 aliphatic rings. The fourth-order valence-corrected chi connectivity index (χ4v) is 3.58. The van der Waals surface area contributed by atoms with Gasteiger partial charge in [0.05, 0.1) is 11.4 Å². The summed E-state index contributed by atoms with van der Waals surface area (Å²) >= 11 is 11.1. The lowest BCUT2D eigenvalue weighted by Crippen LogP contribution is -1.96. The highest BCUT2D eigenvalue weighted by Gasteiger charge is 2.13. The summed E-state index contributed by atoms with van der Waals surface area (Å²) in [7, 11) is 0. The zero-order valence-electron chi connectivity index (χ0n) is 14.1. The number of benzene rings is 2. The van der Waals surface area contributed by atoms with Crippen molar-refractivity contribution in [1.29, 1.82) is 0 Å². The molecule has 4 rings (SSSR count). The van der Waals surface area contributed by atoms with Gasteiger partial charge in [-0.15, -0.1) is 20.4 Å². The number of hydrogen-bond acceptors (Lipinski definition) is 6. The minimum Gasteiger partial charge on any atom is -0.420 e. The van der Waals surface area contributed by atoms with Crippen LogP contribution in [-0.4, -0.2) is 25.0 Å². The van der Waals surface area contributed by atoms with E-state index in [1.54, 1.807) is 6.33 Å². The molecule has 2 heterocycles. The Bertz CT molecular complexity index is 1080. The molecule has 4 aromatic rings. The molecular weight excluding hydrogens is 450 g/mol. The first-order valence-corrected chi connectivity index (χ1v) is 10.1. The maximum atomic E-state index is 6.23. The maximum absolute atomic E-state index is 6.23. The van der Waals surface area contributed by atoms with Crippen molar-refractivity contribution in [2.45, 2.75) is 17.8 Å². The Morgan fingerprint density at radius 3 is 2.70 bits per heavy atom. The van der Waals surface area contributed by atoms with Crippen molar-refractivity contribution in [2.24, 2.45) is 0 Å². The van der Waals surface area contributed by atoms with E-state index in [2.05, 4.69) is 36.3 Å². The molecule has 0 saturated heterocycles. The van der Waals surface area contributed by atoms with Crippen molar-refractivity contribution in [3.05, 3.63) is 69.7 Å². The Morgan fingerprint density at radius 2 is 1.93 bits per heavy atom. The quantitative estimate of drug-likeness (QED) is 0.373. The summed E-state index contributed by atoms with van der Waals surface area (Å²) in [6, 6.07) is 13.6. The second kappa shape index (κ2) is 7.84. The van der Waals surface area contributed by atoms with Crippen LogP contribution in [0.15, 0.2) is 62.8 Å². The highest BCUT2D eigenvalue weighted by molar-refractivity contribution is 9.10. The molecule has 0 atom stereocenters. The molecule has 136 valence electrons. The van der Waals surface area contributed by atoms with Crippen LogP contribution >= 0.6 is 39.3 Å². The Hall–Kier alpha value is -2.16. The predicted octanol–water partition coefficient (Wildman–Crippen LogP) is 5.33. The molecular formula is C18H13BrClN5OS. The number of aromatic nitrogens is 5. The SMILES string of the molecule is Cc1ccc(-n2cnnc2SCc2nnc(-c3ccc(Br)cc3)o2)cc1Cl. The molecule has 0 saturated carbocycles. The number of thioether (sulfide) groups is 1. The van der Waals surface area contributed by atoms with Crippen LogP contribution in [0.25, 0.3) is 17.1 Å². The van der Waals surface area contributed by atoms with Gasteiger partial charge >= 0.3 is 0 Å². The van der Waals surface area contributed by atoms with E-state index in [0.717, 1.165) is 26.4 Å². The van der Waals surface area contributed by atoms with Gasteiger partial charge in [-0.3, -0.25) is 4.57 Å². The molecule has 2 aromatic heterocycles. The van der Waals surface area contributed by atoms with Crippen LogP contribution in [0.4, 0.5) is 0 Å². The van der Waals surface area contributed by atoms with Gasteiger partial charge < -0.3 is 4.42 Å². The molecule has 9 heteroatoms. The van der Waals surface area contributed by atoms with E-state index in [0.29, 0.717) is 22.6 Å². The van der Waals surface area contributed by atoms with Crippen molar-refractivity contribution in [2.75, 3.05) is 0 Å². The maximum Gasteiger partial charge on any atom is 0.247 e. The van der Waals surface area contributed by atoms with Gasteiger partial charge in [0, 0.05) is 15.1 Å². The smallest absolute Gasteiger partial charge is 0.247 e. The van der Waals surface area contributed by atoms with E-state index in [9.17, 15) is 0 Å². The summed E-state index contributed by atoms with van der Waals surface area (Å²) in [5, 5.41) is 17.8. The Kier molecular flexibility index (Phi) is 5.29. The molecule has 0 amide bonds. The van der Waals surface area contributed by atoms with E-state index in [4.69, 9.17) is 16.0 Å². The summed E-state index contributed by atoms with van der Waals surface area (Å²) < 4.78 is 8.63. The lowest BCUT2D eigenvalue weighted by atomic mass is 10.2. The Morgan fingerprint density at radius 1 is 1.11 bits per heavy atom. The van der Waals surface area contributed by atoms with Crippen LogP contribution in [0, 0.1) is 6.92 Å². The number of rotatable bonds is 5. The van der Waals surface area contributed by atoms with E-state index in [-0.39, 0.29) is 0 Å². The van der Waals surface area contributed by atoms with E-state index >= 15 is 0 Å². The first kappa shape index (κ1) is 18.2. The van der Waals surface area contributed by atoms with Gasteiger partial charge in [-0.05, 0) is 48.9 Å². The van der Waals surface area contributed by atoms with Crippen LogP contribution in [0.5, 0.6) is 0 Å². The second-order valence-corrected chi connectivity index (χ2v) is 7.98. The van der Waals surface area contributed by atoms with Crippen molar-refractivity contribution in [3.63, 3.8) is 0 Å². The largest absolute Gasteiger partial charge is 0.420 e. The van der Waals surface area contributed by atoms with Gasteiger partial charge in [-0.1, -0.05) is 45.4 Å². The molecule has 27 heavy (non-hydrogen) atoms. The van der Waals surface area contributed by atoms with Gasteiger partial charge in [0.15, 0.2) is 5.16 Å². The molecule has 0 unspecified atom stereocenters. The molecule has 0 aliphatic carbocycles. The lowest BCUT2D eigenvalue weighted by molar-refractivity contribution is 0.528. The Labute approximate surface area is 173 Å². The fourth-order valence-electron chi connectivity index (χ4n) is 2.38. The number of nitrogens with zero attached hydrogens (tertiary/aromatic N) is 5. The number of hydrogen-bond donors (Lipinski definition) is 0. The standard InChI is InChI=1S/C18H13BrClN5OS/c1-11-2-7-14(8-15(11)20)25-10-21-24-18(25)27-9-16-22-23-17(26-16)12-3-5-13(19)6-4-12/h2-8,10H,9H2,1H3. The average molecular weight is 463 g/mol. The van der Waals surface area contributed by atoms with Crippen LogP contribution in [-0.2, 0) is 5.75 Å². The molecule has 0 aliphatic heterocycles. The predicted molar refractivity (Wildman–Crippen MR) is 108 cm³/mol. The van der Waals surface area contributed by atoms with Gasteiger partial charge in [0.1, 0.15) is 6.33 Å². The third-order valence-corrected chi connectivity index (χ3v) is 5.70. The number of aryl methyl sites for hydroxylation is 1. The van der Waals surface area contributed by atoms with E-state index in [1.165, 1.54) is 11.8 Å². The molecule has 0 radical (unpaired) electrons. The zero-order chi connectivity index (χ0) is 18.8. The van der Waals surface area contributed by atoms with Crippen LogP contribution in [0.1, 0.15) is 11.5 Å². The van der Waals surface area contributed by atoms with Crippen LogP contribution in [0.3, 0.4) is 0 Å². The first-order chi connectivity index (χ1) is 13.1. The summed E-state index contributed by atoms with van der Waals surface area (Å²) in [6.07, 6.45) is 1.66.